The average Bonchev–Trinajstić information content (AvgIpc) is 2.32. The number of aliphatic carboxylic acids is 1. The van der Waals surface area contributed by atoms with E-state index in [1.54, 1.807) is 0 Å². The van der Waals surface area contributed by atoms with E-state index in [4.69, 9.17) is 19.3 Å². The van der Waals surface area contributed by atoms with E-state index in [0.717, 1.165) is 0 Å². The Labute approximate surface area is 106 Å². The van der Waals surface area contributed by atoms with Crippen LogP contribution in [0.15, 0.2) is 0 Å². The molecule has 7 nitrogen and oxygen atoms in total. The zero-order valence-electron chi connectivity index (χ0n) is 10.3. The summed E-state index contributed by atoms with van der Waals surface area (Å²) in [6.07, 6.45) is 0.137. The van der Waals surface area contributed by atoms with Crippen molar-refractivity contribution in [1.29, 1.82) is 0 Å². The molecule has 0 aliphatic heterocycles. The molecule has 0 radical (unpaired) electrons. The molecular weight excluding hydrogens is 244 g/mol. The minimum absolute atomic E-state index is 0.0243. The predicted octanol–water partition coefficient (Wildman–Crippen LogP) is -1.52. The third-order valence-electron chi connectivity index (χ3n) is 1.86. The van der Waals surface area contributed by atoms with Crippen LogP contribution in [0.25, 0.3) is 0 Å². The second-order valence-corrected chi connectivity index (χ2v) is 3.39. The first-order valence-corrected chi connectivity index (χ1v) is 5.78. The highest BCUT2D eigenvalue weighted by atomic mass is 16.6. The van der Waals surface area contributed by atoms with E-state index < -0.39 is 11.9 Å². The van der Waals surface area contributed by atoms with E-state index >= 15 is 0 Å². The number of hydrogen-bond acceptors (Lipinski definition) is 7. The quantitative estimate of drug-likeness (QED) is 0.336. The topological polar surface area (TPSA) is 105 Å². The molecule has 0 heterocycles. The molecule has 7 heteroatoms. The largest absolute Gasteiger partial charge is 0.550 e. The molecule has 0 bridgehead atoms. The molecule has 0 saturated carbocycles. The van der Waals surface area contributed by atoms with Gasteiger partial charge in [-0.1, -0.05) is 0 Å². The van der Waals surface area contributed by atoms with Gasteiger partial charge in [0.05, 0.1) is 33.0 Å². The van der Waals surface area contributed by atoms with Gasteiger partial charge in [0.15, 0.2) is 0 Å². The Bertz CT molecular complexity index is 229. The lowest BCUT2D eigenvalue weighted by Gasteiger charge is -2.06. The van der Waals surface area contributed by atoms with Gasteiger partial charge in [-0.05, 0) is 12.8 Å². The first kappa shape index (κ1) is 16.8. The molecule has 0 amide bonds. The van der Waals surface area contributed by atoms with Crippen molar-refractivity contribution in [2.24, 2.45) is 0 Å². The van der Waals surface area contributed by atoms with Gasteiger partial charge in [0.1, 0.15) is 6.61 Å². The van der Waals surface area contributed by atoms with Crippen molar-refractivity contribution in [3.8, 4) is 0 Å². The van der Waals surface area contributed by atoms with Gasteiger partial charge in [-0.3, -0.25) is 4.79 Å². The second-order valence-electron chi connectivity index (χ2n) is 3.39. The second kappa shape index (κ2) is 12.3. The van der Waals surface area contributed by atoms with Gasteiger partial charge in [-0.15, -0.1) is 0 Å². The normalized spacial score (nSPS) is 10.3. The first-order chi connectivity index (χ1) is 8.66. The monoisotopic (exact) mass is 263 g/mol. The molecule has 0 aromatic heterocycles. The molecule has 0 aliphatic rings. The average molecular weight is 263 g/mol. The van der Waals surface area contributed by atoms with Crippen LogP contribution < -0.4 is 5.11 Å². The summed E-state index contributed by atoms with van der Waals surface area (Å²) in [6, 6.07) is 0. The lowest BCUT2D eigenvalue weighted by atomic mass is 10.2. The number of carbonyl (C=O) groups is 2. The fourth-order valence-corrected chi connectivity index (χ4v) is 1.05. The summed E-state index contributed by atoms with van der Waals surface area (Å²) in [5.41, 5.74) is 0. The van der Waals surface area contributed by atoms with Crippen molar-refractivity contribution >= 4 is 11.9 Å². The van der Waals surface area contributed by atoms with E-state index in [1.165, 1.54) is 0 Å². The minimum atomic E-state index is -1.17. The summed E-state index contributed by atoms with van der Waals surface area (Å²) >= 11 is 0. The van der Waals surface area contributed by atoms with Crippen molar-refractivity contribution in [2.45, 2.75) is 19.3 Å². The van der Waals surface area contributed by atoms with E-state index in [2.05, 4.69) is 0 Å². The molecule has 0 rings (SSSR count). The van der Waals surface area contributed by atoms with Crippen molar-refractivity contribution in [2.75, 3.05) is 39.6 Å². The molecule has 18 heavy (non-hydrogen) atoms. The van der Waals surface area contributed by atoms with Crippen LogP contribution in [-0.2, 0) is 23.8 Å². The van der Waals surface area contributed by atoms with Crippen LogP contribution in [-0.4, -0.2) is 56.7 Å². The number of aliphatic hydroxyl groups is 1. The number of carboxylic acids is 1. The highest BCUT2D eigenvalue weighted by Crippen LogP contribution is 1.96. The summed E-state index contributed by atoms with van der Waals surface area (Å²) in [5, 5.41) is 18.5. The Kier molecular flexibility index (Phi) is 11.5. The van der Waals surface area contributed by atoms with Gasteiger partial charge in [-0.25, -0.2) is 0 Å². The number of rotatable bonds is 12. The van der Waals surface area contributed by atoms with Crippen molar-refractivity contribution < 1.29 is 34.0 Å². The van der Waals surface area contributed by atoms with Gasteiger partial charge in [0.25, 0.3) is 0 Å². The Morgan fingerprint density at radius 2 is 1.56 bits per heavy atom. The molecule has 106 valence electrons. The van der Waals surface area contributed by atoms with E-state index in [9.17, 15) is 14.7 Å². The first-order valence-electron chi connectivity index (χ1n) is 5.78. The Morgan fingerprint density at radius 1 is 0.944 bits per heavy atom. The number of hydrogen-bond donors (Lipinski definition) is 1. The SMILES string of the molecule is O=C([O-])CCCC(=O)OCCOCCOCCO. The highest BCUT2D eigenvalue weighted by Gasteiger charge is 2.02. The minimum Gasteiger partial charge on any atom is -0.550 e. The van der Waals surface area contributed by atoms with Gasteiger partial charge in [0, 0.05) is 12.4 Å². The maximum Gasteiger partial charge on any atom is 0.305 e. The van der Waals surface area contributed by atoms with E-state index in [0.29, 0.717) is 13.2 Å². The smallest absolute Gasteiger partial charge is 0.305 e. The van der Waals surface area contributed by atoms with Crippen LogP contribution >= 0.6 is 0 Å². The number of esters is 1. The Balaban J connectivity index is 3.17. The molecule has 0 unspecified atom stereocenters. The molecule has 0 fully saturated rings. The molecule has 0 aromatic carbocycles. The maximum absolute atomic E-state index is 11.1. The fourth-order valence-electron chi connectivity index (χ4n) is 1.05. The molecule has 0 spiro atoms. The van der Waals surface area contributed by atoms with Gasteiger partial charge in [0.2, 0.25) is 0 Å². The van der Waals surface area contributed by atoms with Crippen LogP contribution in [0.1, 0.15) is 19.3 Å². The number of aliphatic hydroxyl groups excluding tert-OH is 1. The van der Waals surface area contributed by atoms with E-state index in [1.807, 2.05) is 0 Å². The molecule has 0 aliphatic carbocycles. The van der Waals surface area contributed by atoms with Crippen molar-refractivity contribution in [1.82, 2.24) is 0 Å². The van der Waals surface area contributed by atoms with Crippen molar-refractivity contribution in [3.63, 3.8) is 0 Å². The number of carboxylic acid groups (broad SMARTS) is 1. The molecule has 0 atom stereocenters. The van der Waals surface area contributed by atoms with Gasteiger partial charge < -0.3 is 29.2 Å². The van der Waals surface area contributed by atoms with Gasteiger partial charge >= 0.3 is 5.97 Å². The molecule has 1 N–H and O–H groups in total. The van der Waals surface area contributed by atoms with Crippen LogP contribution in [0.2, 0.25) is 0 Å². The number of carbonyl (C=O) groups excluding carboxylic acids is 2. The summed E-state index contributed by atoms with van der Waals surface area (Å²) in [5.74, 6) is -1.62. The lowest BCUT2D eigenvalue weighted by molar-refractivity contribution is -0.305. The zero-order valence-corrected chi connectivity index (χ0v) is 10.3. The lowest BCUT2D eigenvalue weighted by Crippen LogP contribution is -2.22. The number of ether oxygens (including phenoxy) is 3. The highest BCUT2D eigenvalue weighted by molar-refractivity contribution is 5.70. The standard InChI is InChI=1S/C11H20O7/c12-4-5-16-6-7-17-8-9-18-11(15)3-1-2-10(13)14/h12H,1-9H2,(H,13,14)/p-1. The van der Waals surface area contributed by atoms with Crippen LogP contribution in [0.5, 0.6) is 0 Å². The van der Waals surface area contributed by atoms with Crippen LogP contribution in [0.4, 0.5) is 0 Å². The Hall–Kier alpha value is -1.18. The fraction of sp³-hybridized carbons (Fsp3) is 0.818. The molecular formula is C11H19O7-. The maximum atomic E-state index is 11.1. The summed E-state index contributed by atoms with van der Waals surface area (Å²) < 4.78 is 14.8. The third-order valence-corrected chi connectivity index (χ3v) is 1.86. The van der Waals surface area contributed by atoms with Crippen molar-refractivity contribution in [3.05, 3.63) is 0 Å². The van der Waals surface area contributed by atoms with Gasteiger partial charge in [-0.2, -0.15) is 0 Å². The summed E-state index contributed by atoms with van der Waals surface area (Å²) in [6.45, 7) is 1.38. The Morgan fingerprint density at radius 3 is 2.17 bits per heavy atom. The zero-order chi connectivity index (χ0) is 13.6. The van der Waals surface area contributed by atoms with Crippen LogP contribution in [0, 0.1) is 0 Å². The van der Waals surface area contributed by atoms with E-state index in [-0.39, 0.29) is 45.7 Å². The molecule has 0 saturated heterocycles. The predicted molar refractivity (Wildman–Crippen MR) is 58.5 cm³/mol. The summed E-state index contributed by atoms with van der Waals surface area (Å²) in [4.78, 5) is 21.1. The summed E-state index contributed by atoms with van der Waals surface area (Å²) in [7, 11) is 0. The van der Waals surface area contributed by atoms with Crippen LogP contribution in [0.3, 0.4) is 0 Å². The molecule has 0 aromatic rings. The third kappa shape index (κ3) is 12.9.